The molecule has 214 valence electrons. The van der Waals surface area contributed by atoms with Crippen molar-refractivity contribution in [1.29, 1.82) is 0 Å². The number of ketones is 2. The molecular formula is C38H38O4. The highest BCUT2D eigenvalue weighted by atomic mass is 16.3. The summed E-state index contributed by atoms with van der Waals surface area (Å²) in [5.74, 6) is 0.583. The van der Waals surface area contributed by atoms with Gasteiger partial charge in [-0.2, -0.15) is 0 Å². The molecule has 0 unspecified atom stereocenters. The van der Waals surface area contributed by atoms with E-state index >= 15 is 0 Å². The second-order valence-electron chi connectivity index (χ2n) is 12.0. The molecule has 0 saturated heterocycles. The molecule has 0 heterocycles. The molecule has 4 heteroatoms. The van der Waals surface area contributed by atoms with Crippen molar-refractivity contribution in [2.75, 3.05) is 0 Å². The van der Waals surface area contributed by atoms with Crippen molar-refractivity contribution in [3.63, 3.8) is 0 Å². The number of hydrogen-bond acceptors (Lipinski definition) is 4. The van der Waals surface area contributed by atoms with E-state index in [0.29, 0.717) is 34.1 Å². The van der Waals surface area contributed by atoms with E-state index in [1.54, 1.807) is 0 Å². The second-order valence-corrected chi connectivity index (χ2v) is 12.0. The number of benzene rings is 4. The van der Waals surface area contributed by atoms with Crippen LogP contribution in [0.2, 0.25) is 0 Å². The van der Waals surface area contributed by atoms with Gasteiger partial charge in [-0.05, 0) is 85.5 Å². The van der Waals surface area contributed by atoms with E-state index in [4.69, 9.17) is 0 Å². The van der Waals surface area contributed by atoms with Gasteiger partial charge >= 0.3 is 0 Å². The zero-order chi connectivity index (χ0) is 29.1. The molecule has 2 fully saturated rings. The van der Waals surface area contributed by atoms with E-state index in [2.05, 4.69) is 24.3 Å². The van der Waals surface area contributed by atoms with E-state index in [9.17, 15) is 19.8 Å². The maximum atomic E-state index is 14.1. The van der Waals surface area contributed by atoms with Crippen LogP contribution in [-0.2, 0) is 0 Å². The number of hydrogen-bond donors (Lipinski definition) is 2. The first-order chi connectivity index (χ1) is 20.5. The largest absolute Gasteiger partial charge is 0.393 e. The molecule has 0 radical (unpaired) electrons. The van der Waals surface area contributed by atoms with Crippen LogP contribution in [0.25, 0.3) is 11.1 Å². The first-order valence-electron chi connectivity index (χ1n) is 15.3. The van der Waals surface area contributed by atoms with Gasteiger partial charge in [-0.25, -0.2) is 0 Å². The maximum Gasteiger partial charge on any atom is 0.193 e. The summed E-state index contributed by atoms with van der Waals surface area (Å²) in [6.07, 6.45) is 6.48. The average Bonchev–Trinajstić information content (AvgIpc) is 3.05. The van der Waals surface area contributed by atoms with Crippen LogP contribution in [0.15, 0.2) is 97.1 Å². The van der Waals surface area contributed by atoms with Crippen LogP contribution in [-0.4, -0.2) is 34.0 Å². The molecule has 0 aliphatic heterocycles. The van der Waals surface area contributed by atoms with Crippen LogP contribution in [0.3, 0.4) is 0 Å². The predicted molar refractivity (Wildman–Crippen MR) is 166 cm³/mol. The molecule has 0 bridgehead atoms. The van der Waals surface area contributed by atoms with Gasteiger partial charge in [-0.3, -0.25) is 9.59 Å². The molecule has 2 saturated carbocycles. The van der Waals surface area contributed by atoms with Crippen molar-refractivity contribution in [3.05, 3.63) is 130 Å². The Bertz CT molecular complexity index is 1540. The second kappa shape index (κ2) is 12.6. The van der Waals surface area contributed by atoms with Crippen molar-refractivity contribution in [1.82, 2.24) is 0 Å². The minimum absolute atomic E-state index is 0.0665. The van der Waals surface area contributed by atoms with Crippen molar-refractivity contribution in [2.24, 2.45) is 0 Å². The Balaban J connectivity index is 1.39. The van der Waals surface area contributed by atoms with E-state index in [1.807, 2.05) is 72.8 Å². The highest BCUT2D eigenvalue weighted by Crippen LogP contribution is 2.38. The summed E-state index contributed by atoms with van der Waals surface area (Å²) in [5.41, 5.74) is 6.27. The van der Waals surface area contributed by atoms with Gasteiger partial charge in [0, 0.05) is 22.3 Å². The summed E-state index contributed by atoms with van der Waals surface area (Å²) in [6, 6.07) is 30.9. The summed E-state index contributed by atoms with van der Waals surface area (Å²) in [4.78, 5) is 27.8. The summed E-state index contributed by atoms with van der Waals surface area (Å²) < 4.78 is 0. The lowest BCUT2D eigenvalue weighted by Crippen LogP contribution is -2.17. The third-order valence-corrected chi connectivity index (χ3v) is 9.30. The zero-order valence-corrected chi connectivity index (χ0v) is 23.9. The first-order valence-corrected chi connectivity index (χ1v) is 15.3. The molecule has 42 heavy (non-hydrogen) atoms. The smallest absolute Gasteiger partial charge is 0.193 e. The third-order valence-electron chi connectivity index (χ3n) is 9.30. The number of rotatable bonds is 7. The average molecular weight is 559 g/mol. The minimum atomic E-state index is -0.243. The molecule has 2 N–H and O–H groups in total. The topological polar surface area (TPSA) is 74.6 Å². The molecule has 4 nitrogen and oxygen atoms in total. The number of carbonyl (C=O) groups is 2. The lowest BCUT2D eigenvalue weighted by atomic mass is 9.80. The summed E-state index contributed by atoms with van der Waals surface area (Å²) in [7, 11) is 0. The van der Waals surface area contributed by atoms with E-state index in [1.165, 1.54) is 5.56 Å². The highest BCUT2D eigenvalue weighted by Gasteiger charge is 2.26. The molecule has 0 spiro atoms. The van der Waals surface area contributed by atoms with Gasteiger partial charge in [0.2, 0.25) is 0 Å². The Kier molecular flexibility index (Phi) is 8.46. The molecule has 2 aliphatic rings. The van der Waals surface area contributed by atoms with Gasteiger partial charge in [0.15, 0.2) is 11.6 Å². The Hall–Kier alpha value is -3.86. The molecule has 4 aromatic rings. The van der Waals surface area contributed by atoms with Crippen LogP contribution in [0.4, 0.5) is 0 Å². The molecule has 4 aromatic carbocycles. The Morgan fingerprint density at radius 2 is 0.952 bits per heavy atom. The van der Waals surface area contributed by atoms with E-state index in [-0.39, 0.29) is 23.8 Å². The number of aliphatic hydroxyl groups excluding tert-OH is 2. The molecular weight excluding hydrogens is 520 g/mol. The van der Waals surface area contributed by atoms with Gasteiger partial charge in [0.25, 0.3) is 0 Å². The lowest BCUT2D eigenvalue weighted by Gasteiger charge is -2.27. The van der Waals surface area contributed by atoms with Gasteiger partial charge in [-0.15, -0.1) is 0 Å². The van der Waals surface area contributed by atoms with Gasteiger partial charge in [-0.1, -0.05) is 97.1 Å². The fourth-order valence-corrected chi connectivity index (χ4v) is 6.78. The van der Waals surface area contributed by atoms with Gasteiger partial charge in [0.05, 0.1) is 12.2 Å². The van der Waals surface area contributed by atoms with Crippen molar-refractivity contribution < 1.29 is 19.8 Å². The van der Waals surface area contributed by atoms with Crippen LogP contribution in [0.1, 0.15) is 106 Å². The summed E-state index contributed by atoms with van der Waals surface area (Å²) in [5, 5.41) is 20.0. The Morgan fingerprint density at radius 1 is 0.476 bits per heavy atom. The fraction of sp³-hybridized carbons (Fsp3) is 0.316. The van der Waals surface area contributed by atoms with Gasteiger partial charge in [0.1, 0.15) is 0 Å². The molecule has 0 aromatic heterocycles. The Labute approximate surface area is 248 Å². The van der Waals surface area contributed by atoms with E-state index in [0.717, 1.165) is 68.1 Å². The normalized spacial score (nSPS) is 22.4. The highest BCUT2D eigenvalue weighted by molar-refractivity contribution is 6.17. The number of carbonyl (C=O) groups excluding carboxylic acids is 2. The zero-order valence-electron chi connectivity index (χ0n) is 23.9. The van der Waals surface area contributed by atoms with Crippen LogP contribution < -0.4 is 0 Å². The first kappa shape index (κ1) is 28.3. The van der Waals surface area contributed by atoms with E-state index < -0.39 is 0 Å². The standard InChI is InChI=1S/C38H38O4/c39-31-19-14-26(15-20-31)25-10-12-29(13-11-25)38(42)35-23-18-30(27-16-21-32(40)22-17-27)24-36(35)33-8-4-5-9-34(33)37(41)28-6-2-1-3-7-28/h1-13,18,23-24,26-27,31-32,39-40H,14-17,19-22H2. The molecule has 0 atom stereocenters. The monoisotopic (exact) mass is 558 g/mol. The molecule has 2 aliphatic carbocycles. The third kappa shape index (κ3) is 6.01. The van der Waals surface area contributed by atoms with Crippen LogP contribution in [0, 0.1) is 0 Å². The Morgan fingerprint density at radius 3 is 1.57 bits per heavy atom. The van der Waals surface area contributed by atoms with Crippen molar-refractivity contribution in [3.8, 4) is 11.1 Å². The molecule has 0 amide bonds. The lowest BCUT2D eigenvalue weighted by molar-refractivity contribution is 0.102. The van der Waals surface area contributed by atoms with Crippen LogP contribution in [0.5, 0.6) is 0 Å². The van der Waals surface area contributed by atoms with Gasteiger partial charge < -0.3 is 10.2 Å². The van der Waals surface area contributed by atoms with Crippen molar-refractivity contribution >= 4 is 11.6 Å². The maximum absolute atomic E-state index is 14.1. The summed E-state index contributed by atoms with van der Waals surface area (Å²) >= 11 is 0. The SMILES string of the molecule is O=C(c1ccccc1)c1ccccc1-c1cc(C2CCC(O)CC2)ccc1C(=O)c1ccc(C2CCC(O)CC2)cc1. The summed E-state index contributed by atoms with van der Waals surface area (Å²) in [6.45, 7) is 0. The quantitative estimate of drug-likeness (QED) is 0.227. The number of aliphatic hydroxyl groups is 2. The molecule has 6 rings (SSSR count). The van der Waals surface area contributed by atoms with Crippen LogP contribution >= 0.6 is 0 Å². The minimum Gasteiger partial charge on any atom is -0.393 e. The fourth-order valence-electron chi connectivity index (χ4n) is 6.78. The predicted octanol–water partition coefficient (Wildman–Crippen LogP) is 7.85. The van der Waals surface area contributed by atoms with Crippen molar-refractivity contribution in [2.45, 2.75) is 75.4 Å².